The number of nitrogens with zero attached hydrogens (tertiary/aromatic N) is 4. The third kappa shape index (κ3) is 3.90. The fourth-order valence-corrected chi connectivity index (χ4v) is 6.56. The van der Waals surface area contributed by atoms with Gasteiger partial charge in [-0.1, -0.05) is 17.7 Å². The fraction of sp³-hybridized carbons (Fsp3) is 0.429. The third-order valence-corrected chi connectivity index (χ3v) is 8.54. The normalized spacial score (nSPS) is 24.3. The fourth-order valence-electron chi connectivity index (χ4n) is 6.28. The number of anilines is 1. The van der Waals surface area contributed by atoms with Crippen molar-refractivity contribution < 1.29 is 4.74 Å². The van der Waals surface area contributed by atoms with E-state index in [1.807, 2.05) is 18.3 Å². The number of likely N-dealkylation sites (tertiary alicyclic amines) is 1. The molecule has 8 heteroatoms. The maximum absolute atomic E-state index is 6.71. The molecule has 0 radical (unpaired) electrons. The van der Waals surface area contributed by atoms with Crippen molar-refractivity contribution >= 4 is 39.2 Å². The van der Waals surface area contributed by atoms with E-state index in [1.165, 1.54) is 19.3 Å². The maximum Gasteiger partial charge on any atom is 0.319 e. The minimum Gasteiger partial charge on any atom is -0.462 e. The molecule has 4 aromatic rings. The van der Waals surface area contributed by atoms with Gasteiger partial charge in [0.25, 0.3) is 0 Å². The van der Waals surface area contributed by atoms with Crippen LogP contribution in [0.2, 0.25) is 5.02 Å². The molecule has 3 saturated heterocycles. The third-order valence-electron chi connectivity index (χ3n) is 8.22. The van der Waals surface area contributed by atoms with Crippen LogP contribution in [-0.2, 0) is 0 Å². The molecular weight excluding hydrogens is 472 g/mol. The second-order valence-electron chi connectivity index (χ2n) is 10.6. The van der Waals surface area contributed by atoms with Gasteiger partial charge in [0, 0.05) is 64.3 Å². The lowest BCUT2D eigenvalue weighted by molar-refractivity contribution is 0.188. The summed E-state index contributed by atoms with van der Waals surface area (Å²) in [6, 6.07) is 14.4. The van der Waals surface area contributed by atoms with Gasteiger partial charge in [-0.15, -0.1) is 0 Å². The highest BCUT2D eigenvalue weighted by Gasteiger charge is 2.34. The highest BCUT2D eigenvalue weighted by molar-refractivity contribution is 6.35. The quantitative estimate of drug-likeness (QED) is 0.407. The zero-order chi connectivity index (χ0) is 24.2. The van der Waals surface area contributed by atoms with E-state index >= 15 is 0 Å². The molecule has 3 aliphatic heterocycles. The SMILES string of the molecule is CN1CCC[C@H]1COc1nc(N2CC3CCC(C2)N3)c2ccc(-c3c(Cl)ccc4[nH]ccc34)cc2n1. The van der Waals surface area contributed by atoms with Gasteiger partial charge in [0.2, 0.25) is 0 Å². The van der Waals surface area contributed by atoms with Crippen LogP contribution in [0.1, 0.15) is 25.7 Å². The minimum atomic E-state index is 0.416. The molecule has 3 aliphatic rings. The van der Waals surface area contributed by atoms with Gasteiger partial charge < -0.3 is 24.8 Å². The second-order valence-corrected chi connectivity index (χ2v) is 11.0. The molecule has 186 valence electrons. The van der Waals surface area contributed by atoms with E-state index in [0.29, 0.717) is 30.7 Å². The highest BCUT2D eigenvalue weighted by Crippen LogP contribution is 2.38. The molecule has 2 N–H and O–H groups in total. The van der Waals surface area contributed by atoms with Crippen LogP contribution in [0.4, 0.5) is 5.82 Å². The number of piperazine rings is 1. The Balaban J connectivity index is 1.32. The second kappa shape index (κ2) is 8.91. The number of aromatic nitrogens is 3. The van der Waals surface area contributed by atoms with E-state index in [-0.39, 0.29) is 0 Å². The number of rotatable bonds is 5. The molecule has 36 heavy (non-hydrogen) atoms. The Morgan fingerprint density at radius 3 is 2.69 bits per heavy atom. The Hall–Kier alpha value is -2.87. The first-order valence-electron chi connectivity index (χ1n) is 13.0. The predicted octanol–water partition coefficient (Wildman–Crippen LogP) is 4.85. The van der Waals surface area contributed by atoms with E-state index in [1.54, 1.807) is 0 Å². The van der Waals surface area contributed by atoms with Gasteiger partial charge >= 0.3 is 6.01 Å². The van der Waals surface area contributed by atoms with E-state index in [0.717, 1.165) is 69.8 Å². The molecule has 0 spiro atoms. The molecule has 5 heterocycles. The van der Waals surface area contributed by atoms with Gasteiger partial charge in [-0.3, -0.25) is 0 Å². The van der Waals surface area contributed by atoms with Crippen LogP contribution in [0.5, 0.6) is 6.01 Å². The highest BCUT2D eigenvalue weighted by atomic mass is 35.5. The summed E-state index contributed by atoms with van der Waals surface area (Å²) in [5.74, 6) is 0.977. The average molecular weight is 503 g/mol. The molecular formula is C28H31ClN6O. The summed E-state index contributed by atoms with van der Waals surface area (Å²) in [5, 5.41) is 6.63. The topological polar surface area (TPSA) is 69.3 Å². The van der Waals surface area contributed by atoms with Crippen molar-refractivity contribution in [3.05, 3.63) is 47.6 Å². The van der Waals surface area contributed by atoms with Crippen LogP contribution in [-0.4, -0.2) is 71.3 Å². The van der Waals surface area contributed by atoms with E-state index < -0.39 is 0 Å². The lowest BCUT2D eigenvalue weighted by Crippen LogP contribution is -2.51. The molecule has 2 aromatic heterocycles. The van der Waals surface area contributed by atoms with Gasteiger partial charge in [-0.2, -0.15) is 9.97 Å². The molecule has 7 nitrogen and oxygen atoms in total. The minimum absolute atomic E-state index is 0.416. The molecule has 2 unspecified atom stereocenters. The molecule has 0 saturated carbocycles. The standard InChI is InChI=1S/C28H31ClN6O/c1-34-12-2-3-20(34)16-36-28-32-25-13-17(26-21-10-11-30-24(21)9-8-23(26)29)4-7-22(25)27(33-28)35-14-18-5-6-19(15-35)31-18/h4,7-11,13,18-20,30-31H,2-3,5-6,12,14-16H2,1H3/t18?,19?,20-/m0/s1. The summed E-state index contributed by atoms with van der Waals surface area (Å²) in [7, 11) is 2.17. The van der Waals surface area contributed by atoms with E-state index in [9.17, 15) is 0 Å². The monoisotopic (exact) mass is 502 g/mol. The van der Waals surface area contributed by atoms with Crippen molar-refractivity contribution in [2.24, 2.45) is 0 Å². The number of likely N-dealkylation sites (N-methyl/N-ethyl adjacent to an activating group) is 1. The number of aromatic amines is 1. The van der Waals surface area contributed by atoms with Crippen molar-refractivity contribution in [1.82, 2.24) is 25.2 Å². The van der Waals surface area contributed by atoms with E-state index in [2.05, 4.69) is 51.4 Å². The molecule has 2 aromatic carbocycles. The summed E-state index contributed by atoms with van der Waals surface area (Å²) >= 11 is 6.71. The molecule has 3 atom stereocenters. The summed E-state index contributed by atoms with van der Waals surface area (Å²) in [6.07, 6.45) is 6.78. The maximum atomic E-state index is 6.71. The average Bonchev–Trinajstić information content (AvgIpc) is 3.61. The Kier molecular flexibility index (Phi) is 5.53. The summed E-state index contributed by atoms with van der Waals surface area (Å²) in [4.78, 5) is 18.0. The Morgan fingerprint density at radius 1 is 1.03 bits per heavy atom. The van der Waals surface area contributed by atoms with Crippen molar-refractivity contribution in [2.75, 3.05) is 38.2 Å². The van der Waals surface area contributed by atoms with Gasteiger partial charge in [0.15, 0.2) is 0 Å². The first-order valence-corrected chi connectivity index (χ1v) is 13.4. The Bertz CT molecular complexity index is 1420. The van der Waals surface area contributed by atoms with Crippen molar-refractivity contribution in [1.29, 1.82) is 0 Å². The zero-order valence-corrected chi connectivity index (χ0v) is 21.3. The van der Waals surface area contributed by atoms with Gasteiger partial charge in [0.1, 0.15) is 12.4 Å². The van der Waals surface area contributed by atoms with Crippen LogP contribution in [0.25, 0.3) is 32.9 Å². The van der Waals surface area contributed by atoms with Gasteiger partial charge in [0.05, 0.1) is 5.52 Å². The first-order chi connectivity index (χ1) is 17.6. The number of ether oxygens (including phenoxy) is 1. The van der Waals surface area contributed by atoms with Crippen LogP contribution < -0.4 is 15.0 Å². The zero-order valence-electron chi connectivity index (χ0n) is 20.5. The van der Waals surface area contributed by atoms with Crippen molar-refractivity contribution in [2.45, 2.75) is 43.8 Å². The molecule has 0 aliphatic carbocycles. The summed E-state index contributed by atoms with van der Waals surface area (Å²) in [5.41, 5.74) is 4.03. The van der Waals surface area contributed by atoms with Gasteiger partial charge in [-0.25, -0.2) is 0 Å². The number of halogens is 1. The van der Waals surface area contributed by atoms with Gasteiger partial charge in [-0.05, 0) is 75.2 Å². The number of fused-ring (bicyclic) bond motifs is 4. The van der Waals surface area contributed by atoms with Crippen molar-refractivity contribution in [3.8, 4) is 17.1 Å². The molecule has 2 bridgehead atoms. The van der Waals surface area contributed by atoms with E-state index in [4.69, 9.17) is 26.3 Å². The smallest absolute Gasteiger partial charge is 0.319 e. The van der Waals surface area contributed by atoms with Crippen LogP contribution in [0, 0.1) is 0 Å². The molecule has 0 amide bonds. The molecule has 3 fully saturated rings. The number of nitrogens with one attached hydrogen (secondary N) is 2. The van der Waals surface area contributed by atoms with Crippen LogP contribution in [0.3, 0.4) is 0 Å². The Morgan fingerprint density at radius 2 is 1.89 bits per heavy atom. The number of benzene rings is 2. The first kappa shape index (κ1) is 22.3. The largest absolute Gasteiger partial charge is 0.462 e. The lowest BCUT2D eigenvalue weighted by atomic mass is 10.00. The Labute approximate surface area is 215 Å². The van der Waals surface area contributed by atoms with Crippen LogP contribution in [0.15, 0.2) is 42.6 Å². The number of H-pyrrole nitrogens is 1. The van der Waals surface area contributed by atoms with Crippen LogP contribution >= 0.6 is 11.6 Å². The number of hydrogen-bond acceptors (Lipinski definition) is 6. The lowest BCUT2D eigenvalue weighted by Gasteiger charge is -2.34. The van der Waals surface area contributed by atoms with Crippen molar-refractivity contribution in [3.63, 3.8) is 0 Å². The molecule has 7 rings (SSSR count). The predicted molar refractivity (Wildman–Crippen MR) is 145 cm³/mol. The summed E-state index contributed by atoms with van der Waals surface area (Å²) < 4.78 is 6.26. The summed E-state index contributed by atoms with van der Waals surface area (Å²) in [6.45, 7) is 3.66. The number of hydrogen-bond donors (Lipinski definition) is 2.